The highest BCUT2D eigenvalue weighted by molar-refractivity contribution is 5.96. The molecular formula is C22H23N5O3. The molecule has 0 spiro atoms. The number of aryl methyl sites for hydroxylation is 2. The highest BCUT2D eigenvalue weighted by Crippen LogP contribution is 2.13. The van der Waals surface area contributed by atoms with Crippen LogP contribution in [0.15, 0.2) is 52.0 Å². The van der Waals surface area contributed by atoms with Crippen LogP contribution in [0, 0.1) is 12.3 Å². The second-order valence-electron chi connectivity index (χ2n) is 7.21. The summed E-state index contributed by atoms with van der Waals surface area (Å²) in [6, 6.07) is 8.66. The molecule has 0 atom stereocenters. The third-order valence-electron chi connectivity index (χ3n) is 5.12. The fourth-order valence-electron chi connectivity index (χ4n) is 3.48. The summed E-state index contributed by atoms with van der Waals surface area (Å²) < 4.78 is 8.39. The van der Waals surface area contributed by atoms with Crippen LogP contribution >= 0.6 is 0 Å². The van der Waals surface area contributed by atoms with Crippen LogP contribution in [0.1, 0.15) is 41.4 Å². The van der Waals surface area contributed by atoms with Crippen LogP contribution in [-0.4, -0.2) is 19.9 Å². The van der Waals surface area contributed by atoms with E-state index in [0.717, 1.165) is 18.4 Å². The van der Waals surface area contributed by atoms with Crippen LogP contribution in [0.4, 0.5) is 0 Å². The monoisotopic (exact) mass is 405 g/mol. The van der Waals surface area contributed by atoms with Crippen LogP contribution in [0.25, 0.3) is 16.7 Å². The normalized spacial score (nSPS) is 11.3. The second-order valence-corrected chi connectivity index (χ2v) is 7.21. The predicted molar refractivity (Wildman–Crippen MR) is 112 cm³/mol. The van der Waals surface area contributed by atoms with Crippen LogP contribution in [0.3, 0.4) is 0 Å². The van der Waals surface area contributed by atoms with Gasteiger partial charge >= 0.3 is 0 Å². The van der Waals surface area contributed by atoms with Crippen LogP contribution < -0.4 is 16.4 Å². The lowest BCUT2D eigenvalue weighted by Crippen LogP contribution is -2.34. The average molecular weight is 405 g/mol. The minimum Gasteiger partial charge on any atom is -0.467 e. The molecule has 4 heterocycles. The lowest BCUT2D eigenvalue weighted by Gasteiger charge is -2.15. The number of amides is 1. The van der Waals surface area contributed by atoms with Crippen LogP contribution in [-0.2, 0) is 13.1 Å². The number of hydrogen-bond donors (Lipinski definition) is 2. The Morgan fingerprint density at radius 2 is 2.10 bits per heavy atom. The molecule has 0 saturated heterocycles. The van der Waals surface area contributed by atoms with E-state index < -0.39 is 5.91 Å². The topological polar surface area (TPSA) is 105 Å². The molecule has 8 heteroatoms. The van der Waals surface area contributed by atoms with E-state index in [4.69, 9.17) is 14.8 Å². The van der Waals surface area contributed by atoms with Gasteiger partial charge in [0.1, 0.15) is 22.5 Å². The molecule has 0 fully saturated rings. The van der Waals surface area contributed by atoms with Crippen molar-refractivity contribution in [1.29, 1.82) is 5.41 Å². The average Bonchev–Trinajstić information content (AvgIpc) is 3.26. The number of nitrogens with zero attached hydrogens (tertiary/aromatic N) is 3. The summed E-state index contributed by atoms with van der Waals surface area (Å²) >= 11 is 0. The zero-order valence-corrected chi connectivity index (χ0v) is 16.9. The van der Waals surface area contributed by atoms with Gasteiger partial charge in [-0.05, 0) is 43.2 Å². The van der Waals surface area contributed by atoms with E-state index in [0.29, 0.717) is 29.0 Å². The minimum absolute atomic E-state index is 0.0396. The molecule has 30 heavy (non-hydrogen) atoms. The largest absolute Gasteiger partial charge is 0.467 e. The van der Waals surface area contributed by atoms with Crippen molar-refractivity contribution >= 4 is 22.6 Å². The first-order chi connectivity index (χ1) is 14.5. The van der Waals surface area contributed by atoms with Gasteiger partial charge in [0.15, 0.2) is 0 Å². The SMILES string of the molecule is CCCCn1c(=N)c(C(=O)NCc2ccco2)cc2c(=O)n3cccc(C)c3nc21. The Kier molecular flexibility index (Phi) is 5.22. The molecule has 4 aromatic rings. The summed E-state index contributed by atoms with van der Waals surface area (Å²) in [6.07, 6.45) is 4.91. The smallest absolute Gasteiger partial charge is 0.267 e. The maximum absolute atomic E-state index is 13.2. The first-order valence-electron chi connectivity index (χ1n) is 9.92. The van der Waals surface area contributed by atoms with Crippen molar-refractivity contribution in [2.24, 2.45) is 0 Å². The fraction of sp³-hybridized carbons (Fsp3) is 0.273. The molecule has 1 amide bonds. The van der Waals surface area contributed by atoms with Gasteiger partial charge in [-0.2, -0.15) is 0 Å². The highest BCUT2D eigenvalue weighted by Gasteiger charge is 2.18. The molecule has 0 unspecified atom stereocenters. The molecule has 0 aliphatic heterocycles. The van der Waals surface area contributed by atoms with Gasteiger partial charge in [0, 0.05) is 12.7 Å². The van der Waals surface area contributed by atoms with Gasteiger partial charge in [0.25, 0.3) is 11.5 Å². The van der Waals surface area contributed by atoms with Crippen molar-refractivity contribution in [2.75, 3.05) is 0 Å². The summed E-state index contributed by atoms with van der Waals surface area (Å²) in [6.45, 7) is 4.64. The number of aromatic nitrogens is 3. The fourth-order valence-corrected chi connectivity index (χ4v) is 3.48. The number of pyridine rings is 2. The molecule has 0 aliphatic rings. The Hall–Kier alpha value is -3.68. The number of nitrogens with one attached hydrogen (secondary N) is 2. The quantitative estimate of drug-likeness (QED) is 0.481. The lowest BCUT2D eigenvalue weighted by molar-refractivity contribution is 0.0945. The Morgan fingerprint density at radius 3 is 2.83 bits per heavy atom. The number of rotatable bonds is 6. The van der Waals surface area contributed by atoms with Gasteiger partial charge < -0.3 is 14.3 Å². The molecule has 0 aromatic carbocycles. The summed E-state index contributed by atoms with van der Waals surface area (Å²) in [7, 11) is 0. The lowest BCUT2D eigenvalue weighted by atomic mass is 10.1. The van der Waals surface area contributed by atoms with Crippen molar-refractivity contribution in [3.63, 3.8) is 0 Å². The Morgan fingerprint density at radius 1 is 1.27 bits per heavy atom. The molecular weight excluding hydrogens is 382 g/mol. The van der Waals surface area contributed by atoms with E-state index in [1.54, 1.807) is 29.0 Å². The molecule has 2 N–H and O–H groups in total. The standard InChI is InChI=1S/C22H23N5O3/c1-3-4-9-26-18(23)16(21(28)24-13-15-8-6-11-30-15)12-17-20(26)25-19-14(2)7-5-10-27(19)22(17)29/h5-8,10-12,23H,3-4,9,13H2,1-2H3,(H,24,28). The Balaban J connectivity index is 1.91. The summed E-state index contributed by atoms with van der Waals surface area (Å²) in [5.74, 6) is 0.176. The van der Waals surface area contributed by atoms with Gasteiger partial charge in [-0.3, -0.25) is 19.4 Å². The van der Waals surface area contributed by atoms with Gasteiger partial charge in [0.2, 0.25) is 0 Å². The van der Waals surface area contributed by atoms with Gasteiger partial charge in [0.05, 0.1) is 23.8 Å². The molecule has 8 nitrogen and oxygen atoms in total. The van der Waals surface area contributed by atoms with E-state index in [2.05, 4.69) is 5.32 Å². The van der Waals surface area contributed by atoms with Crippen LogP contribution in [0.2, 0.25) is 0 Å². The van der Waals surface area contributed by atoms with E-state index in [9.17, 15) is 9.59 Å². The molecule has 0 saturated carbocycles. The molecule has 0 bridgehead atoms. The van der Waals surface area contributed by atoms with Crippen LogP contribution in [0.5, 0.6) is 0 Å². The van der Waals surface area contributed by atoms with E-state index in [1.807, 2.05) is 19.9 Å². The molecule has 4 aromatic heterocycles. The van der Waals surface area contributed by atoms with Gasteiger partial charge in [-0.25, -0.2) is 4.98 Å². The number of carbonyl (C=O) groups is 1. The zero-order valence-electron chi connectivity index (χ0n) is 16.9. The molecule has 154 valence electrons. The summed E-state index contributed by atoms with van der Waals surface area (Å²) in [5.41, 5.74) is 1.76. The molecule has 4 rings (SSSR count). The maximum atomic E-state index is 13.2. The first-order valence-corrected chi connectivity index (χ1v) is 9.92. The number of unbranched alkanes of at least 4 members (excludes halogenated alkanes) is 1. The first kappa shape index (κ1) is 19.6. The van der Waals surface area contributed by atoms with Gasteiger partial charge in [-0.15, -0.1) is 0 Å². The predicted octanol–water partition coefficient (Wildman–Crippen LogP) is 2.76. The highest BCUT2D eigenvalue weighted by atomic mass is 16.3. The van der Waals surface area contributed by atoms with Crippen molar-refractivity contribution in [3.05, 3.63) is 75.5 Å². The van der Waals surface area contributed by atoms with Crippen molar-refractivity contribution in [3.8, 4) is 0 Å². The third-order valence-corrected chi connectivity index (χ3v) is 5.12. The number of carbonyl (C=O) groups excluding carboxylic acids is 1. The number of fused-ring (bicyclic) bond motifs is 2. The van der Waals surface area contributed by atoms with Crippen molar-refractivity contribution in [2.45, 2.75) is 39.8 Å². The second kappa shape index (κ2) is 7.98. The number of furan rings is 1. The summed E-state index contributed by atoms with van der Waals surface area (Å²) in [5, 5.41) is 11.7. The van der Waals surface area contributed by atoms with E-state index in [-0.39, 0.29) is 23.2 Å². The third kappa shape index (κ3) is 3.41. The van der Waals surface area contributed by atoms with E-state index >= 15 is 0 Å². The molecule has 0 aliphatic carbocycles. The van der Waals surface area contributed by atoms with E-state index in [1.165, 1.54) is 16.7 Å². The van der Waals surface area contributed by atoms with Gasteiger partial charge in [-0.1, -0.05) is 19.4 Å². The van der Waals surface area contributed by atoms with Crippen molar-refractivity contribution < 1.29 is 9.21 Å². The Bertz CT molecular complexity index is 1350. The molecule has 0 radical (unpaired) electrons. The van der Waals surface area contributed by atoms with Crippen molar-refractivity contribution in [1.82, 2.24) is 19.3 Å². The summed E-state index contributed by atoms with van der Waals surface area (Å²) in [4.78, 5) is 30.7. The minimum atomic E-state index is -0.433. The maximum Gasteiger partial charge on any atom is 0.267 e. The number of hydrogen-bond acceptors (Lipinski definition) is 5. The zero-order chi connectivity index (χ0) is 21.3. The Labute approximate surface area is 172 Å².